The Morgan fingerprint density at radius 2 is 1.91 bits per heavy atom. The number of hydrogen-bond donors (Lipinski definition) is 1. The van der Waals surface area contributed by atoms with Crippen molar-refractivity contribution in [2.75, 3.05) is 19.3 Å². The average molecular weight is 338 g/mol. The fourth-order valence-electron chi connectivity index (χ4n) is 2.75. The molecule has 1 aliphatic rings. The molecule has 1 aromatic carbocycles. The van der Waals surface area contributed by atoms with E-state index in [1.54, 1.807) is 29.2 Å². The zero-order valence-electron chi connectivity index (χ0n) is 13.2. The number of nitrogens with zero attached hydrogens (tertiary/aromatic N) is 1. The summed E-state index contributed by atoms with van der Waals surface area (Å²) in [7, 11) is -3.28. The molecule has 1 N–H and O–H groups in total. The molecule has 2 rings (SSSR count). The van der Waals surface area contributed by atoms with E-state index in [1.165, 1.54) is 0 Å². The van der Waals surface area contributed by atoms with Crippen LogP contribution >= 0.6 is 0 Å². The van der Waals surface area contributed by atoms with Crippen LogP contribution in [0.15, 0.2) is 30.3 Å². The Kier molecular flexibility index (Phi) is 5.90. The van der Waals surface area contributed by atoms with Crippen LogP contribution in [0.2, 0.25) is 0 Å². The number of carbonyl (C=O) groups is 2. The smallest absolute Gasteiger partial charge is 0.223 e. The fraction of sp³-hybridized carbons (Fsp3) is 0.500. The maximum absolute atomic E-state index is 12.2. The second-order valence-electron chi connectivity index (χ2n) is 5.86. The van der Waals surface area contributed by atoms with Gasteiger partial charge in [0.25, 0.3) is 0 Å². The number of nitrogens with one attached hydrogen (secondary N) is 1. The summed E-state index contributed by atoms with van der Waals surface area (Å²) in [6.45, 7) is 0.978. The summed E-state index contributed by atoms with van der Waals surface area (Å²) < 4.78 is 25.1. The van der Waals surface area contributed by atoms with Crippen LogP contribution in [0, 0.1) is 0 Å². The highest BCUT2D eigenvalue weighted by atomic mass is 32.2. The van der Waals surface area contributed by atoms with Crippen molar-refractivity contribution in [2.45, 2.75) is 31.7 Å². The first-order chi connectivity index (χ1) is 10.8. The number of ketones is 1. The highest BCUT2D eigenvalue weighted by molar-refractivity contribution is 7.88. The normalized spacial score (nSPS) is 18.7. The molecule has 1 aliphatic heterocycles. The summed E-state index contributed by atoms with van der Waals surface area (Å²) in [5, 5.41) is 0. The van der Waals surface area contributed by atoms with Gasteiger partial charge in [-0.15, -0.1) is 0 Å². The van der Waals surface area contributed by atoms with Gasteiger partial charge < -0.3 is 4.90 Å². The van der Waals surface area contributed by atoms with Gasteiger partial charge in [0.2, 0.25) is 15.9 Å². The van der Waals surface area contributed by atoms with Crippen molar-refractivity contribution < 1.29 is 18.0 Å². The van der Waals surface area contributed by atoms with Crippen molar-refractivity contribution in [3.63, 3.8) is 0 Å². The fourth-order valence-corrected chi connectivity index (χ4v) is 3.55. The van der Waals surface area contributed by atoms with E-state index in [0.717, 1.165) is 19.1 Å². The number of benzene rings is 1. The lowest BCUT2D eigenvalue weighted by atomic mass is 10.0. The van der Waals surface area contributed by atoms with Gasteiger partial charge in [-0.05, 0) is 12.8 Å². The van der Waals surface area contributed by atoms with Crippen molar-refractivity contribution in [3.8, 4) is 0 Å². The van der Waals surface area contributed by atoms with E-state index in [9.17, 15) is 18.0 Å². The van der Waals surface area contributed by atoms with E-state index in [-0.39, 0.29) is 30.6 Å². The Labute approximate surface area is 136 Å². The summed E-state index contributed by atoms with van der Waals surface area (Å²) in [6, 6.07) is 8.65. The summed E-state index contributed by atoms with van der Waals surface area (Å²) in [5.41, 5.74) is 0.607. The van der Waals surface area contributed by atoms with E-state index >= 15 is 0 Å². The number of hydrogen-bond acceptors (Lipinski definition) is 4. The number of likely N-dealkylation sites (tertiary alicyclic amines) is 1. The van der Waals surface area contributed by atoms with Crippen molar-refractivity contribution in [2.24, 2.45) is 0 Å². The maximum Gasteiger partial charge on any atom is 0.223 e. The third-order valence-electron chi connectivity index (χ3n) is 3.82. The van der Waals surface area contributed by atoms with Crippen molar-refractivity contribution >= 4 is 21.7 Å². The highest BCUT2D eigenvalue weighted by Crippen LogP contribution is 2.13. The molecular weight excluding hydrogens is 316 g/mol. The predicted octanol–water partition coefficient (Wildman–Crippen LogP) is 1.19. The van der Waals surface area contributed by atoms with Crippen LogP contribution in [-0.4, -0.2) is 50.4 Å². The molecule has 0 saturated carbocycles. The zero-order chi connectivity index (χ0) is 16.9. The van der Waals surface area contributed by atoms with Gasteiger partial charge in [0.05, 0.1) is 6.26 Å². The molecule has 1 atom stereocenters. The molecule has 1 amide bonds. The molecule has 0 bridgehead atoms. The monoisotopic (exact) mass is 338 g/mol. The van der Waals surface area contributed by atoms with E-state index < -0.39 is 10.0 Å². The number of sulfonamides is 1. The van der Waals surface area contributed by atoms with Crippen LogP contribution in [-0.2, 0) is 14.8 Å². The van der Waals surface area contributed by atoms with Gasteiger partial charge in [0.1, 0.15) is 0 Å². The first kappa shape index (κ1) is 17.6. The molecule has 7 heteroatoms. The molecule has 1 saturated heterocycles. The summed E-state index contributed by atoms with van der Waals surface area (Å²) >= 11 is 0. The zero-order valence-corrected chi connectivity index (χ0v) is 14.0. The van der Waals surface area contributed by atoms with E-state index in [2.05, 4.69) is 4.72 Å². The Morgan fingerprint density at radius 1 is 1.22 bits per heavy atom. The molecule has 1 fully saturated rings. The van der Waals surface area contributed by atoms with Crippen LogP contribution in [0.25, 0.3) is 0 Å². The Balaban J connectivity index is 1.84. The number of amides is 1. The average Bonchev–Trinajstić information content (AvgIpc) is 2.51. The molecule has 1 aromatic rings. The first-order valence-corrected chi connectivity index (χ1v) is 9.57. The van der Waals surface area contributed by atoms with Gasteiger partial charge in [-0.3, -0.25) is 9.59 Å². The molecular formula is C16H22N2O4S. The van der Waals surface area contributed by atoms with Gasteiger partial charge in [-0.2, -0.15) is 0 Å². The molecule has 0 radical (unpaired) electrons. The summed E-state index contributed by atoms with van der Waals surface area (Å²) in [6.07, 6.45) is 2.92. The largest absolute Gasteiger partial charge is 0.341 e. The summed E-state index contributed by atoms with van der Waals surface area (Å²) in [4.78, 5) is 25.9. The van der Waals surface area contributed by atoms with Crippen LogP contribution in [0.3, 0.4) is 0 Å². The van der Waals surface area contributed by atoms with Gasteiger partial charge in [-0.25, -0.2) is 13.1 Å². The highest BCUT2D eigenvalue weighted by Gasteiger charge is 2.25. The molecule has 0 unspecified atom stereocenters. The van der Waals surface area contributed by atoms with Gasteiger partial charge in [0.15, 0.2) is 5.78 Å². The Bertz CT molecular complexity index is 658. The number of rotatable bonds is 6. The lowest BCUT2D eigenvalue weighted by Crippen LogP contribution is -2.49. The lowest BCUT2D eigenvalue weighted by Gasteiger charge is -2.32. The molecule has 0 aromatic heterocycles. The molecule has 1 heterocycles. The van der Waals surface area contributed by atoms with Crippen molar-refractivity contribution in [3.05, 3.63) is 35.9 Å². The topological polar surface area (TPSA) is 83.6 Å². The van der Waals surface area contributed by atoms with Crippen LogP contribution < -0.4 is 4.72 Å². The van der Waals surface area contributed by atoms with Gasteiger partial charge in [0, 0.05) is 37.5 Å². The van der Waals surface area contributed by atoms with E-state index in [0.29, 0.717) is 18.7 Å². The SMILES string of the molecule is CS(=O)(=O)N[C@H]1CCCN(C(=O)CCC(=O)c2ccccc2)C1. The van der Waals surface area contributed by atoms with Crippen molar-refractivity contribution in [1.29, 1.82) is 0 Å². The van der Waals surface area contributed by atoms with Gasteiger partial charge >= 0.3 is 0 Å². The van der Waals surface area contributed by atoms with Crippen molar-refractivity contribution in [1.82, 2.24) is 9.62 Å². The molecule has 6 nitrogen and oxygen atoms in total. The van der Waals surface area contributed by atoms with Crippen LogP contribution in [0.5, 0.6) is 0 Å². The minimum atomic E-state index is -3.28. The third kappa shape index (κ3) is 5.76. The van der Waals surface area contributed by atoms with E-state index in [4.69, 9.17) is 0 Å². The van der Waals surface area contributed by atoms with Crippen LogP contribution in [0.4, 0.5) is 0 Å². The summed E-state index contributed by atoms with van der Waals surface area (Å²) in [5.74, 6) is -0.156. The third-order valence-corrected chi connectivity index (χ3v) is 4.58. The Morgan fingerprint density at radius 3 is 2.57 bits per heavy atom. The molecule has 23 heavy (non-hydrogen) atoms. The maximum atomic E-state index is 12.2. The van der Waals surface area contributed by atoms with Crippen LogP contribution in [0.1, 0.15) is 36.0 Å². The second-order valence-corrected chi connectivity index (χ2v) is 7.64. The first-order valence-electron chi connectivity index (χ1n) is 7.68. The molecule has 126 valence electrons. The standard InChI is InChI=1S/C16H22N2O4S/c1-23(21,22)17-14-8-5-11-18(12-14)16(20)10-9-15(19)13-6-3-2-4-7-13/h2-4,6-7,14,17H,5,8-12H2,1H3/t14-/m0/s1. The second kappa shape index (κ2) is 7.70. The van der Waals surface area contributed by atoms with E-state index in [1.807, 2.05) is 6.07 Å². The number of Topliss-reactive ketones (excluding diaryl/α,β-unsaturated/α-hetero) is 1. The number of carbonyl (C=O) groups excluding carboxylic acids is 2. The Hall–Kier alpha value is -1.73. The van der Waals surface area contributed by atoms with Gasteiger partial charge in [-0.1, -0.05) is 30.3 Å². The minimum Gasteiger partial charge on any atom is -0.341 e. The minimum absolute atomic E-state index is 0.0539. The molecule has 0 spiro atoms. The lowest BCUT2D eigenvalue weighted by molar-refractivity contribution is -0.132. The quantitative estimate of drug-likeness (QED) is 0.790. The predicted molar refractivity (Wildman–Crippen MR) is 87.6 cm³/mol. The molecule has 0 aliphatic carbocycles. The number of piperidine rings is 1.